The number of carbonyl (C=O) groups excluding carboxylic acids is 1. The van der Waals surface area contributed by atoms with E-state index in [9.17, 15) is 18.0 Å². The lowest BCUT2D eigenvalue weighted by atomic mass is 10.1. The molecule has 0 spiro atoms. The van der Waals surface area contributed by atoms with E-state index in [1.54, 1.807) is 6.20 Å². The molecule has 1 aliphatic rings. The predicted octanol–water partition coefficient (Wildman–Crippen LogP) is 5.71. The molecule has 29 heavy (non-hydrogen) atoms. The fourth-order valence-corrected chi connectivity index (χ4v) is 4.13. The third-order valence-electron chi connectivity index (χ3n) is 4.59. The quantitative estimate of drug-likeness (QED) is 0.523. The van der Waals surface area contributed by atoms with Crippen LogP contribution in [0.1, 0.15) is 35.3 Å². The Kier molecular flexibility index (Phi) is 5.36. The Labute approximate surface area is 170 Å². The Morgan fingerprint density at radius 1 is 1.14 bits per heavy atom. The lowest BCUT2D eigenvalue weighted by molar-refractivity contribution is -0.137. The molecular formula is C21H18F3N3OS. The number of imidazole rings is 1. The summed E-state index contributed by atoms with van der Waals surface area (Å²) in [7, 11) is 0. The summed E-state index contributed by atoms with van der Waals surface area (Å²) in [6, 6.07) is 14.2. The van der Waals surface area contributed by atoms with Gasteiger partial charge in [-0.25, -0.2) is 4.98 Å². The van der Waals surface area contributed by atoms with E-state index in [2.05, 4.69) is 14.9 Å². The van der Waals surface area contributed by atoms with Gasteiger partial charge in [-0.3, -0.25) is 4.79 Å². The molecule has 0 aliphatic heterocycles. The standard InChI is InChI=1S/C21H18F3N3OS/c22-21(23,24)15-7-4-8-16(13-15)26-19(28)18(14-5-2-1-3-6-14)29-20-25-11-12-27(20)17-9-10-17/h1-8,11-13,17-18H,9-10H2,(H,26,28). The van der Waals surface area contributed by atoms with Crippen molar-refractivity contribution in [3.8, 4) is 0 Å². The van der Waals surface area contributed by atoms with Crippen LogP contribution in [0.25, 0.3) is 0 Å². The van der Waals surface area contributed by atoms with Gasteiger partial charge in [-0.05, 0) is 36.6 Å². The van der Waals surface area contributed by atoms with E-state index in [1.807, 2.05) is 36.5 Å². The summed E-state index contributed by atoms with van der Waals surface area (Å²) in [6.45, 7) is 0. The molecule has 1 aliphatic carbocycles. The highest BCUT2D eigenvalue weighted by Gasteiger charge is 2.32. The summed E-state index contributed by atoms with van der Waals surface area (Å²) in [5.74, 6) is -0.397. The minimum absolute atomic E-state index is 0.108. The van der Waals surface area contributed by atoms with Gasteiger partial charge in [-0.1, -0.05) is 48.2 Å². The molecule has 1 N–H and O–H groups in total. The summed E-state index contributed by atoms with van der Waals surface area (Å²) >= 11 is 1.30. The van der Waals surface area contributed by atoms with Gasteiger partial charge in [0, 0.05) is 24.1 Å². The van der Waals surface area contributed by atoms with Crippen molar-refractivity contribution in [1.29, 1.82) is 0 Å². The van der Waals surface area contributed by atoms with Crippen LogP contribution in [0.15, 0.2) is 72.1 Å². The molecule has 1 fully saturated rings. The summed E-state index contributed by atoms with van der Waals surface area (Å²) < 4.78 is 41.0. The lowest BCUT2D eigenvalue weighted by Crippen LogP contribution is -2.20. The van der Waals surface area contributed by atoms with Crippen LogP contribution in [0.2, 0.25) is 0 Å². The number of benzene rings is 2. The average molecular weight is 417 g/mol. The van der Waals surface area contributed by atoms with E-state index in [0.29, 0.717) is 6.04 Å². The Morgan fingerprint density at radius 2 is 1.90 bits per heavy atom. The topological polar surface area (TPSA) is 46.9 Å². The van der Waals surface area contributed by atoms with Gasteiger partial charge in [0.2, 0.25) is 5.91 Å². The molecule has 1 atom stereocenters. The van der Waals surface area contributed by atoms with E-state index in [0.717, 1.165) is 35.7 Å². The number of nitrogens with zero attached hydrogens (tertiary/aromatic N) is 2. The fraction of sp³-hybridized carbons (Fsp3) is 0.238. The first-order valence-corrected chi connectivity index (χ1v) is 10.0. The Bertz CT molecular complexity index is 1000. The van der Waals surface area contributed by atoms with Crippen LogP contribution in [0.4, 0.5) is 18.9 Å². The summed E-state index contributed by atoms with van der Waals surface area (Å²) in [6.07, 6.45) is 1.29. The number of rotatable bonds is 6. The number of carbonyl (C=O) groups is 1. The molecule has 1 saturated carbocycles. The molecule has 1 unspecified atom stereocenters. The van der Waals surface area contributed by atoms with E-state index >= 15 is 0 Å². The van der Waals surface area contributed by atoms with Gasteiger partial charge in [-0.15, -0.1) is 0 Å². The third kappa shape index (κ3) is 4.64. The van der Waals surface area contributed by atoms with Crippen LogP contribution in [0.3, 0.4) is 0 Å². The first kappa shape index (κ1) is 19.6. The first-order valence-electron chi connectivity index (χ1n) is 9.14. The van der Waals surface area contributed by atoms with Gasteiger partial charge in [0.05, 0.1) is 5.56 Å². The van der Waals surface area contributed by atoms with Crippen LogP contribution in [-0.2, 0) is 11.0 Å². The molecule has 8 heteroatoms. The van der Waals surface area contributed by atoms with Crippen molar-refractivity contribution in [1.82, 2.24) is 9.55 Å². The molecular weight excluding hydrogens is 399 g/mol. The highest BCUT2D eigenvalue weighted by molar-refractivity contribution is 8.00. The van der Waals surface area contributed by atoms with Crippen LogP contribution >= 0.6 is 11.8 Å². The van der Waals surface area contributed by atoms with Crippen molar-refractivity contribution < 1.29 is 18.0 Å². The number of alkyl halides is 3. The van der Waals surface area contributed by atoms with Gasteiger partial charge in [0.15, 0.2) is 5.16 Å². The molecule has 4 rings (SSSR count). The number of hydrogen-bond donors (Lipinski definition) is 1. The smallest absolute Gasteiger partial charge is 0.325 e. The Balaban J connectivity index is 1.59. The van der Waals surface area contributed by atoms with Crippen LogP contribution in [0.5, 0.6) is 0 Å². The molecule has 2 aromatic carbocycles. The van der Waals surface area contributed by atoms with Gasteiger partial charge < -0.3 is 9.88 Å². The molecule has 0 bridgehead atoms. The average Bonchev–Trinajstić information content (AvgIpc) is 3.44. The maximum atomic E-state index is 13.0. The highest BCUT2D eigenvalue weighted by atomic mass is 32.2. The Morgan fingerprint density at radius 3 is 2.59 bits per heavy atom. The van der Waals surface area contributed by atoms with Crippen molar-refractivity contribution in [2.45, 2.75) is 35.5 Å². The number of aromatic nitrogens is 2. The van der Waals surface area contributed by atoms with Crippen LogP contribution in [-0.4, -0.2) is 15.5 Å². The number of anilines is 1. The third-order valence-corrected chi connectivity index (χ3v) is 5.84. The van der Waals surface area contributed by atoms with E-state index in [4.69, 9.17) is 0 Å². The monoisotopic (exact) mass is 417 g/mol. The molecule has 0 saturated heterocycles. The number of amides is 1. The molecule has 1 aromatic heterocycles. The second-order valence-corrected chi connectivity index (χ2v) is 7.90. The normalized spacial score (nSPS) is 15.1. The van der Waals surface area contributed by atoms with Crippen molar-refractivity contribution in [3.05, 3.63) is 78.1 Å². The number of hydrogen-bond acceptors (Lipinski definition) is 3. The maximum absolute atomic E-state index is 13.0. The van der Waals surface area contributed by atoms with E-state index < -0.39 is 22.9 Å². The summed E-state index contributed by atoms with van der Waals surface area (Å²) in [4.78, 5) is 17.4. The first-order chi connectivity index (χ1) is 13.9. The molecule has 150 valence electrons. The van der Waals surface area contributed by atoms with E-state index in [1.165, 1.54) is 23.9 Å². The molecule has 3 aromatic rings. The second kappa shape index (κ2) is 7.94. The lowest BCUT2D eigenvalue weighted by Gasteiger charge is -2.18. The molecule has 1 heterocycles. The molecule has 4 nitrogen and oxygen atoms in total. The highest BCUT2D eigenvalue weighted by Crippen LogP contribution is 2.42. The number of thioether (sulfide) groups is 1. The zero-order valence-corrected chi connectivity index (χ0v) is 16.1. The van der Waals surface area contributed by atoms with Crippen molar-refractivity contribution in [2.24, 2.45) is 0 Å². The number of halogens is 3. The van der Waals surface area contributed by atoms with Gasteiger partial charge in [-0.2, -0.15) is 13.2 Å². The van der Waals surface area contributed by atoms with Crippen molar-refractivity contribution in [3.63, 3.8) is 0 Å². The van der Waals surface area contributed by atoms with Gasteiger partial charge >= 0.3 is 6.18 Å². The zero-order chi connectivity index (χ0) is 20.4. The summed E-state index contributed by atoms with van der Waals surface area (Å²) in [5.41, 5.74) is 0.0627. The van der Waals surface area contributed by atoms with E-state index in [-0.39, 0.29) is 5.69 Å². The minimum Gasteiger partial charge on any atom is -0.325 e. The largest absolute Gasteiger partial charge is 0.416 e. The van der Waals surface area contributed by atoms with Gasteiger partial charge in [0.1, 0.15) is 5.25 Å². The van der Waals surface area contributed by atoms with Gasteiger partial charge in [0.25, 0.3) is 0 Å². The molecule has 1 amide bonds. The molecule has 0 radical (unpaired) electrons. The minimum atomic E-state index is -4.47. The second-order valence-electron chi connectivity index (χ2n) is 6.82. The number of nitrogens with one attached hydrogen (secondary N) is 1. The van der Waals surface area contributed by atoms with Crippen molar-refractivity contribution in [2.75, 3.05) is 5.32 Å². The van der Waals surface area contributed by atoms with Crippen molar-refractivity contribution >= 4 is 23.4 Å². The Hall–Kier alpha value is -2.74. The summed E-state index contributed by atoms with van der Waals surface area (Å²) in [5, 5.41) is 2.71. The SMILES string of the molecule is O=C(Nc1cccc(C(F)(F)F)c1)C(Sc1nccn1C1CC1)c1ccccc1. The van der Waals surface area contributed by atoms with Crippen LogP contribution < -0.4 is 5.32 Å². The maximum Gasteiger partial charge on any atom is 0.416 e. The predicted molar refractivity (Wildman–Crippen MR) is 106 cm³/mol. The fourth-order valence-electron chi connectivity index (χ4n) is 3.01. The zero-order valence-electron chi connectivity index (χ0n) is 15.3. The van der Waals surface area contributed by atoms with Crippen LogP contribution in [0, 0.1) is 0 Å².